The molecule has 0 saturated carbocycles. The van der Waals surface area contributed by atoms with E-state index in [2.05, 4.69) is 5.32 Å². The van der Waals surface area contributed by atoms with Crippen molar-refractivity contribution in [3.8, 4) is 0 Å². The van der Waals surface area contributed by atoms with E-state index in [9.17, 15) is 9.59 Å². The normalized spacial score (nSPS) is 10.5. The third-order valence-electron chi connectivity index (χ3n) is 3.99. The van der Waals surface area contributed by atoms with E-state index in [0.29, 0.717) is 5.69 Å². The Kier molecular flexibility index (Phi) is 4.29. The van der Waals surface area contributed by atoms with Gasteiger partial charge in [-0.1, -0.05) is 48.5 Å². The minimum absolute atomic E-state index is 0.154. The van der Waals surface area contributed by atoms with Crippen molar-refractivity contribution in [2.24, 2.45) is 0 Å². The molecule has 3 rings (SSSR count). The lowest BCUT2D eigenvalue weighted by Crippen LogP contribution is -2.16. The molecule has 0 fully saturated rings. The summed E-state index contributed by atoms with van der Waals surface area (Å²) in [5, 5.41) is 14.0. The summed E-state index contributed by atoms with van der Waals surface area (Å²) in [6, 6.07) is 18.5. The summed E-state index contributed by atoms with van der Waals surface area (Å²) in [4.78, 5) is 23.5. The van der Waals surface area contributed by atoms with E-state index in [-0.39, 0.29) is 17.9 Å². The SMILES string of the molecule is Cc1ccc(C(=O)O)cc1NC(=O)Cc1cccc2ccccc12. The van der Waals surface area contributed by atoms with Crippen LogP contribution in [0.25, 0.3) is 10.8 Å². The highest BCUT2D eigenvalue weighted by molar-refractivity contribution is 5.98. The number of carboxylic acid groups (broad SMARTS) is 1. The molecule has 0 bridgehead atoms. The van der Waals surface area contributed by atoms with Crippen molar-refractivity contribution in [3.63, 3.8) is 0 Å². The second kappa shape index (κ2) is 6.54. The van der Waals surface area contributed by atoms with Crippen LogP contribution < -0.4 is 5.32 Å². The van der Waals surface area contributed by atoms with Gasteiger partial charge in [0.25, 0.3) is 0 Å². The first-order chi connectivity index (χ1) is 11.5. The average Bonchev–Trinajstić information content (AvgIpc) is 2.57. The van der Waals surface area contributed by atoms with Crippen LogP contribution in [0, 0.1) is 6.92 Å². The van der Waals surface area contributed by atoms with Crippen molar-refractivity contribution >= 4 is 28.3 Å². The summed E-state index contributed by atoms with van der Waals surface area (Å²) in [6.45, 7) is 1.83. The second-order valence-electron chi connectivity index (χ2n) is 5.70. The molecular formula is C20H17NO3. The topological polar surface area (TPSA) is 66.4 Å². The maximum Gasteiger partial charge on any atom is 0.335 e. The molecule has 0 heterocycles. The van der Waals surface area contributed by atoms with Crippen molar-refractivity contribution < 1.29 is 14.7 Å². The molecule has 0 aliphatic heterocycles. The van der Waals surface area contributed by atoms with Gasteiger partial charge in [-0.2, -0.15) is 0 Å². The van der Waals surface area contributed by atoms with Gasteiger partial charge in [0.15, 0.2) is 0 Å². The number of nitrogens with one attached hydrogen (secondary N) is 1. The van der Waals surface area contributed by atoms with Crippen molar-refractivity contribution in [1.29, 1.82) is 0 Å². The van der Waals surface area contributed by atoms with Gasteiger partial charge in [-0.25, -0.2) is 4.79 Å². The highest BCUT2D eigenvalue weighted by Crippen LogP contribution is 2.21. The molecule has 0 spiro atoms. The van der Waals surface area contributed by atoms with Gasteiger partial charge in [-0.05, 0) is 41.0 Å². The minimum Gasteiger partial charge on any atom is -0.478 e. The van der Waals surface area contributed by atoms with E-state index in [1.807, 2.05) is 49.4 Å². The number of rotatable bonds is 4. The fourth-order valence-electron chi connectivity index (χ4n) is 2.70. The molecule has 0 radical (unpaired) electrons. The molecule has 1 amide bonds. The van der Waals surface area contributed by atoms with Gasteiger partial charge in [0, 0.05) is 5.69 Å². The first-order valence-corrected chi connectivity index (χ1v) is 7.65. The van der Waals surface area contributed by atoms with E-state index in [4.69, 9.17) is 5.11 Å². The molecule has 0 aliphatic carbocycles. The monoisotopic (exact) mass is 319 g/mol. The Morgan fingerprint density at radius 1 is 1.00 bits per heavy atom. The summed E-state index contributed by atoms with van der Waals surface area (Å²) >= 11 is 0. The van der Waals surface area contributed by atoms with Crippen LogP contribution >= 0.6 is 0 Å². The fraction of sp³-hybridized carbons (Fsp3) is 0.100. The van der Waals surface area contributed by atoms with E-state index in [1.165, 1.54) is 12.1 Å². The van der Waals surface area contributed by atoms with Gasteiger partial charge in [-0.15, -0.1) is 0 Å². The molecule has 4 nitrogen and oxygen atoms in total. The molecule has 24 heavy (non-hydrogen) atoms. The van der Waals surface area contributed by atoms with Crippen LogP contribution in [0.5, 0.6) is 0 Å². The zero-order valence-corrected chi connectivity index (χ0v) is 13.2. The lowest BCUT2D eigenvalue weighted by atomic mass is 10.0. The Bertz CT molecular complexity index is 926. The van der Waals surface area contributed by atoms with Crippen molar-refractivity contribution in [2.75, 3.05) is 5.32 Å². The van der Waals surface area contributed by atoms with Crippen LogP contribution in [0.4, 0.5) is 5.69 Å². The maximum absolute atomic E-state index is 12.4. The van der Waals surface area contributed by atoms with Crippen LogP contribution in [-0.2, 0) is 11.2 Å². The van der Waals surface area contributed by atoms with E-state index < -0.39 is 5.97 Å². The third-order valence-corrected chi connectivity index (χ3v) is 3.99. The lowest BCUT2D eigenvalue weighted by Gasteiger charge is -2.11. The lowest BCUT2D eigenvalue weighted by molar-refractivity contribution is -0.115. The van der Waals surface area contributed by atoms with Gasteiger partial charge < -0.3 is 10.4 Å². The van der Waals surface area contributed by atoms with Gasteiger partial charge in [-0.3, -0.25) is 4.79 Å². The van der Waals surface area contributed by atoms with E-state index in [0.717, 1.165) is 21.9 Å². The van der Waals surface area contributed by atoms with Gasteiger partial charge in [0.2, 0.25) is 5.91 Å². The van der Waals surface area contributed by atoms with Crippen molar-refractivity contribution in [3.05, 3.63) is 77.4 Å². The molecule has 0 aromatic heterocycles. The Labute approximate surface area is 139 Å². The highest BCUT2D eigenvalue weighted by atomic mass is 16.4. The number of amides is 1. The molecule has 4 heteroatoms. The molecule has 3 aromatic rings. The molecule has 0 saturated heterocycles. The molecule has 2 N–H and O–H groups in total. The summed E-state index contributed by atoms with van der Waals surface area (Å²) in [5.41, 5.74) is 2.45. The Balaban J connectivity index is 1.83. The molecular weight excluding hydrogens is 302 g/mol. The third kappa shape index (κ3) is 3.27. The first-order valence-electron chi connectivity index (χ1n) is 7.65. The Morgan fingerprint density at radius 3 is 2.54 bits per heavy atom. The zero-order chi connectivity index (χ0) is 17.1. The van der Waals surface area contributed by atoms with Crippen LogP contribution in [0.2, 0.25) is 0 Å². The number of carboxylic acids is 1. The summed E-state index contributed by atoms with van der Waals surface area (Å²) < 4.78 is 0. The number of carbonyl (C=O) groups is 2. The minimum atomic E-state index is -1.01. The number of aryl methyl sites for hydroxylation is 1. The van der Waals surface area contributed by atoms with Gasteiger partial charge >= 0.3 is 5.97 Å². The number of benzene rings is 3. The predicted molar refractivity (Wildman–Crippen MR) is 94.4 cm³/mol. The quantitative estimate of drug-likeness (QED) is 0.763. The van der Waals surface area contributed by atoms with Crippen molar-refractivity contribution in [2.45, 2.75) is 13.3 Å². The Hall–Kier alpha value is -3.14. The van der Waals surface area contributed by atoms with E-state index in [1.54, 1.807) is 6.07 Å². The summed E-state index contributed by atoms with van der Waals surface area (Å²) in [5.74, 6) is -1.18. The number of anilines is 1. The number of aromatic carboxylic acids is 1. The van der Waals surface area contributed by atoms with Gasteiger partial charge in [0.1, 0.15) is 0 Å². The summed E-state index contributed by atoms with van der Waals surface area (Å²) in [7, 11) is 0. The maximum atomic E-state index is 12.4. The standard InChI is InChI=1S/C20H17NO3/c1-13-9-10-16(20(23)24)11-18(13)21-19(22)12-15-7-4-6-14-5-2-3-8-17(14)15/h2-11H,12H2,1H3,(H,21,22)(H,23,24). The van der Waals surface area contributed by atoms with Crippen LogP contribution in [-0.4, -0.2) is 17.0 Å². The highest BCUT2D eigenvalue weighted by Gasteiger charge is 2.11. The number of carbonyl (C=O) groups excluding carboxylic acids is 1. The molecule has 0 unspecified atom stereocenters. The van der Waals surface area contributed by atoms with Crippen LogP contribution in [0.15, 0.2) is 60.7 Å². The van der Waals surface area contributed by atoms with Crippen LogP contribution in [0.1, 0.15) is 21.5 Å². The summed E-state index contributed by atoms with van der Waals surface area (Å²) in [6.07, 6.45) is 0.234. The molecule has 0 aliphatic rings. The average molecular weight is 319 g/mol. The number of fused-ring (bicyclic) bond motifs is 1. The van der Waals surface area contributed by atoms with Crippen molar-refractivity contribution in [1.82, 2.24) is 0 Å². The first kappa shape index (κ1) is 15.7. The molecule has 120 valence electrons. The number of hydrogen-bond acceptors (Lipinski definition) is 2. The second-order valence-corrected chi connectivity index (χ2v) is 5.70. The molecule has 3 aromatic carbocycles. The fourth-order valence-corrected chi connectivity index (χ4v) is 2.70. The van der Waals surface area contributed by atoms with Crippen LogP contribution in [0.3, 0.4) is 0 Å². The zero-order valence-electron chi connectivity index (χ0n) is 13.2. The molecule has 0 atom stereocenters. The smallest absolute Gasteiger partial charge is 0.335 e. The number of hydrogen-bond donors (Lipinski definition) is 2. The largest absolute Gasteiger partial charge is 0.478 e. The predicted octanol–water partition coefficient (Wildman–Crippen LogP) is 4.03. The van der Waals surface area contributed by atoms with E-state index >= 15 is 0 Å². The Morgan fingerprint density at radius 2 is 1.75 bits per heavy atom. The van der Waals surface area contributed by atoms with Gasteiger partial charge in [0.05, 0.1) is 12.0 Å².